The molecular weight excluding hydrogens is 168 g/mol. The number of nitrogens with zero attached hydrogens (tertiary/aromatic N) is 1. The van der Waals surface area contributed by atoms with E-state index in [1.54, 1.807) is 0 Å². The van der Waals surface area contributed by atoms with Gasteiger partial charge in [0, 0.05) is 18.6 Å². The maximum Gasteiger partial charge on any atom is 0.243 e. The van der Waals surface area contributed by atoms with Gasteiger partial charge in [-0.3, -0.25) is 9.69 Å². The first-order valence-corrected chi connectivity index (χ1v) is 4.89. The third-order valence-electron chi connectivity index (χ3n) is 2.76. The molecule has 2 aliphatic rings. The molecule has 1 saturated heterocycles. The number of hydrogen-bond donors (Lipinski definition) is 1. The van der Waals surface area contributed by atoms with Crippen LogP contribution in [0.2, 0.25) is 0 Å². The topological polar surface area (TPSA) is 55.6 Å². The van der Waals surface area contributed by atoms with Crippen molar-refractivity contribution in [2.75, 3.05) is 19.8 Å². The average Bonchev–Trinajstić information content (AvgIpc) is 2.79. The van der Waals surface area contributed by atoms with Crippen LogP contribution < -0.4 is 5.73 Å². The molecule has 0 bridgehead atoms. The quantitative estimate of drug-likeness (QED) is 0.639. The molecule has 1 unspecified atom stereocenters. The van der Waals surface area contributed by atoms with Gasteiger partial charge in [0.05, 0.1) is 6.61 Å². The van der Waals surface area contributed by atoms with Gasteiger partial charge < -0.3 is 10.5 Å². The number of likely N-dealkylation sites (tertiary alicyclic amines) is 1. The van der Waals surface area contributed by atoms with E-state index < -0.39 is 0 Å². The van der Waals surface area contributed by atoms with E-state index in [9.17, 15) is 4.79 Å². The predicted molar refractivity (Wildman–Crippen MR) is 48.1 cm³/mol. The summed E-state index contributed by atoms with van der Waals surface area (Å²) in [4.78, 5) is 12.9. The van der Waals surface area contributed by atoms with Gasteiger partial charge >= 0.3 is 0 Å². The van der Waals surface area contributed by atoms with E-state index in [0.29, 0.717) is 12.6 Å². The molecule has 0 aromatic rings. The minimum Gasteiger partial charge on any atom is -0.370 e. The number of nitrogens with two attached hydrogens (primary N) is 1. The minimum atomic E-state index is -0.378. The molecule has 1 saturated carbocycles. The van der Waals surface area contributed by atoms with Gasteiger partial charge in [-0.15, -0.1) is 0 Å². The third-order valence-corrected chi connectivity index (χ3v) is 2.76. The Kier molecular flexibility index (Phi) is 2.51. The Hall–Kier alpha value is -0.610. The highest BCUT2D eigenvalue weighted by atomic mass is 16.5. The fourth-order valence-electron chi connectivity index (χ4n) is 1.82. The number of primary amides is 1. The van der Waals surface area contributed by atoms with E-state index in [1.165, 1.54) is 25.8 Å². The molecule has 2 N–H and O–H groups in total. The van der Waals surface area contributed by atoms with Crippen molar-refractivity contribution in [3.8, 4) is 0 Å². The molecular formula is C9H16N2O2. The smallest absolute Gasteiger partial charge is 0.243 e. The first-order valence-electron chi connectivity index (χ1n) is 4.89. The molecule has 2 rings (SSSR count). The van der Waals surface area contributed by atoms with Crippen LogP contribution in [-0.4, -0.2) is 42.6 Å². The molecule has 0 spiro atoms. The average molecular weight is 184 g/mol. The third kappa shape index (κ3) is 2.19. The van der Waals surface area contributed by atoms with Gasteiger partial charge in [0.25, 0.3) is 0 Å². The molecule has 4 heteroatoms. The maximum absolute atomic E-state index is 10.4. The number of carbonyl (C=O) groups excluding carboxylic acids is 1. The van der Waals surface area contributed by atoms with Crippen LogP contribution in [-0.2, 0) is 9.53 Å². The van der Waals surface area contributed by atoms with Crippen molar-refractivity contribution in [2.24, 2.45) is 5.73 Å². The molecule has 13 heavy (non-hydrogen) atoms. The lowest BCUT2D eigenvalue weighted by Gasteiger charge is -2.41. The second-order valence-corrected chi connectivity index (χ2v) is 3.89. The lowest BCUT2D eigenvalue weighted by Crippen LogP contribution is -2.51. The number of hydrogen-bond acceptors (Lipinski definition) is 3. The lowest BCUT2D eigenvalue weighted by atomic mass is 10.0. The summed E-state index contributed by atoms with van der Waals surface area (Å²) in [5.74, 6) is -0.378. The number of rotatable bonds is 5. The molecule has 0 radical (unpaired) electrons. The Morgan fingerprint density at radius 2 is 2.23 bits per heavy atom. The fourth-order valence-corrected chi connectivity index (χ4v) is 1.82. The van der Waals surface area contributed by atoms with Gasteiger partial charge in [-0.2, -0.15) is 0 Å². The maximum atomic E-state index is 10.4. The molecule has 1 heterocycles. The highest BCUT2D eigenvalue weighted by Gasteiger charge is 2.39. The van der Waals surface area contributed by atoms with Crippen LogP contribution in [0.5, 0.6) is 0 Å². The van der Waals surface area contributed by atoms with Crippen LogP contribution in [0.15, 0.2) is 0 Å². The summed E-state index contributed by atoms with van der Waals surface area (Å²) in [7, 11) is 0. The SMILES string of the molecule is NC(=O)COCC1CCN1C1CC1. The standard InChI is InChI=1S/C9H16N2O2/c10-9(12)6-13-5-8-3-4-11(8)7-1-2-7/h7-8H,1-6H2,(H2,10,12). The van der Waals surface area contributed by atoms with Crippen molar-refractivity contribution in [1.29, 1.82) is 0 Å². The predicted octanol–water partition coefficient (Wildman–Crippen LogP) is -0.275. The van der Waals surface area contributed by atoms with Gasteiger partial charge in [-0.25, -0.2) is 0 Å². The van der Waals surface area contributed by atoms with Gasteiger partial charge in [0.2, 0.25) is 5.91 Å². The number of amides is 1. The Bertz CT molecular complexity index is 204. The summed E-state index contributed by atoms with van der Waals surface area (Å²) in [6.07, 6.45) is 3.88. The van der Waals surface area contributed by atoms with Crippen molar-refractivity contribution in [3.63, 3.8) is 0 Å². The molecule has 4 nitrogen and oxygen atoms in total. The van der Waals surface area contributed by atoms with Crippen LogP contribution in [0.3, 0.4) is 0 Å². The van der Waals surface area contributed by atoms with E-state index >= 15 is 0 Å². The van der Waals surface area contributed by atoms with Crippen LogP contribution in [0.1, 0.15) is 19.3 Å². The zero-order valence-corrected chi connectivity index (χ0v) is 7.74. The Morgan fingerprint density at radius 3 is 2.69 bits per heavy atom. The molecule has 74 valence electrons. The van der Waals surface area contributed by atoms with Gasteiger partial charge in [0.15, 0.2) is 0 Å². The highest BCUT2D eigenvalue weighted by Crippen LogP contribution is 2.34. The van der Waals surface area contributed by atoms with Crippen LogP contribution >= 0.6 is 0 Å². The summed E-state index contributed by atoms with van der Waals surface area (Å²) in [5.41, 5.74) is 4.97. The van der Waals surface area contributed by atoms with E-state index in [1.807, 2.05) is 0 Å². The Balaban J connectivity index is 1.61. The summed E-state index contributed by atoms with van der Waals surface area (Å²) in [6, 6.07) is 1.36. The first kappa shape index (κ1) is 8.97. The summed E-state index contributed by atoms with van der Waals surface area (Å²) in [5, 5.41) is 0. The summed E-state index contributed by atoms with van der Waals surface area (Å²) in [6.45, 7) is 1.93. The van der Waals surface area contributed by atoms with Crippen LogP contribution in [0, 0.1) is 0 Å². The van der Waals surface area contributed by atoms with Gasteiger partial charge in [-0.05, 0) is 19.3 Å². The van der Waals surface area contributed by atoms with Crippen molar-refractivity contribution >= 4 is 5.91 Å². The van der Waals surface area contributed by atoms with Crippen LogP contribution in [0.25, 0.3) is 0 Å². The largest absolute Gasteiger partial charge is 0.370 e. The van der Waals surface area contributed by atoms with Crippen molar-refractivity contribution in [3.05, 3.63) is 0 Å². The number of ether oxygens (including phenoxy) is 1. The van der Waals surface area contributed by atoms with Crippen molar-refractivity contribution < 1.29 is 9.53 Å². The highest BCUT2D eigenvalue weighted by molar-refractivity contribution is 5.74. The fraction of sp³-hybridized carbons (Fsp3) is 0.889. The van der Waals surface area contributed by atoms with Crippen molar-refractivity contribution in [2.45, 2.75) is 31.3 Å². The lowest BCUT2D eigenvalue weighted by molar-refractivity contribution is -0.123. The Labute approximate surface area is 78.0 Å². The molecule has 2 fully saturated rings. The normalized spacial score (nSPS) is 28.5. The van der Waals surface area contributed by atoms with E-state index in [-0.39, 0.29) is 12.5 Å². The Morgan fingerprint density at radius 1 is 1.46 bits per heavy atom. The second kappa shape index (κ2) is 3.64. The molecule has 0 aromatic carbocycles. The monoisotopic (exact) mass is 184 g/mol. The van der Waals surface area contributed by atoms with Gasteiger partial charge in [-0.1, -0.05) is 0 Å². The summed E-state index contributed by atoms with van der Waals surface area (Å²) >= 11 is 0. The first-order chi connectivity index (χ1) is 6.27. The molecule has 1 aliphatic heterocycles. The van der Waals surface area contributed by atoms with Gasteiger partial charge in [0.1, 0.15) is 6.61 Å². The van der Waals surface area contributed by atoms with E-state index in [2.05, 4.69) is 4.90 Å². The molecule has 1 atom stereocenters. The minimum absolute atomic E-state index is 0.0645. The zero-order valence-electron chi connectivity index (χ0n) is 7.74. The number of carbonyl (C=O) groups is 1. The molecule has 0 aromatic heterocycles. The molecule has 1 amide bonds. The van der Waals surface area contributed by atoms with Crippen LogP contribution in [0.4, 0.5) is 0 Å². The summed E-state index contributed by atoms with van der Waals surface area (Å²) < 4.78 is 5.19. The zero-order chi connectivity index (χ0) is 9.26. The van der Waals surface area contributed by atoms with E-state index in [0.717, 1.165) is 6.04 Å². The molecule has 1 aliphatic carbocycles. The van der Waals surface area contributed by atoms with Crippen molar-refractivity contribution in [1.82, 2.24) is 4.90 Å². The van der Waals surface area contributed by atoms with E-state index in [4.69, 9.17) is 10.5 Å². The second-order valence-electron chi connectivity index (χ2n) is 3.89.